The number of amides is 1. The number of hydrogen-bond acceptors (Lipinski definition) is 5. The van der Waals surface area contributed by atoms with Gasteiger partial charge in [-0.15, -0.1) is 0 Å². The van der Waals surface area contributed by atoms with Crippen molar-refractivity contribution >= 4 is 28.4 Å². The molecule has 28 heavy (non-hydrogen) atoms. The number of hydrogen-bond donors (Lipinski definition) is 1. The van der Waals surface area contributed by atoms with Crippen LogP contribution in [0.15, 0.2) is 28.8 Å². The van der Waals surface area contributed by atoms with Gasteiger partial charge in [0.2, 0.25) is 0 Å². The van der Waals surface area contributed by atoms with Gasteiger partial charge in [0.1, 0.15) is 5.82 Å². The average Bonchev–Trinajstić information content (AvgIpc) is 3.44. The summed E-state index contributed by atoms with van der Waals surface area (Å²) in [5, 5.41) is 7.34. The molecule has 1 saturated carbocycles. The number of carbonyl (C=O) groups is 1. The first-order chi connectivity index (χ1) is 13.3. The summed E-state index contributed by atoms with van der Waals surface area (Å²) in [6.45, 7) is 5.75. The molecule has 6 nitrogen and oxygen atoms in total. The normalized spacial score (nSPS) is 13.9. The van der Waals surface area contributed by atoms with Crippen molar-refractivity contribution in [2.45, 2.75) is 45.6 Å². The van der Waals surface area contributed by atoms with Crippen molar-refractivity contribution in [3.8, 4) is 0 Å². The van der Waals surface area contributed by atoms with Crippen LogP contribution in [0.25, 0.3) is 11.1 Å². The number of carbonyl (C=O) groups excluding carboxylic acids is 1. The lowest BCUT2D eigenvalue weighted by molar-refractivity contribution is 0.102. The molecule has 0 atom stereocenters. The van der Waals surface area contributed by atoms with Crippen molar-refractivity contribution in [3.05, 3.63) is 47.0 Å². The Hall–Kier alpha value is -2.96. The maximum Gasteiger partial charge on any atom is 0.259 e. The summed E-state index contributed by atoms with van der Waals surface area (Å²) < 4.78 is 19.8. The van der Waals surface area contributed by atoms with E-state index >= 15 is 0 Å². The highest BCUT2D eigenvalue weighted by Gasteiger charge is 2.28. The Balaban J connectivity index is 1.65. The molecular formula is C21H23FN4O2. The van der Waals surface area contributed by atoms with E-state index in [1.165, 1.54) is 6.07 Å². The second kappa shape index (κ2) is 6.89. The van der Waals surface area contributed by atoms with E-state index in [2.05, 4.69) is 15.5 Å². The Morgan fingerprint density at radius 1 is 1.32 bits per heavy atom. The van der Waals surface area contributed by atoms with Crippen LogP contribution in [0.1, 0.15) is 54.4 Å². The van der Waals surface area contributed by atoms with E-state index < -0.39 is 0 Å². The van der Waals surface area contributed by atoms with Crippen molar-refractivity contribution in [2.75, 3.05) is 17.3 Å². The van der Waals surface area contributed by atoms with Gasteiger partial charge in [-0.1, -0.05) is 5.16 Å². The Kier molecular flexibility index (Phi) is 4.53. The SMILES string of the molecule is Cc1noc2nc(C3CC3)cc(C(=O)Nc3ccc(N(C)C(C)C)c(F)c3)c12. The monoisotopic (exact) mass is 382 g/mol. The first-order valence-corrected chi connectivity index (χ1v) is 9.45. The first-order valence-electron chi connectivity index (χ1n) is 9.45. The third kappa shape index (κ3) is 3.32. The Bertz CT molecular complexity index is 1060. The molecule has 0 bridgehead atoms. The van der Waals surface area contributed by atoms with E-state index in [9.17, 15) is 9.18 Å². The van der Waals surface area contributed by atoms with Crippen LogP contribution in [0, 0.1) is 12.7 Å². The molecule has 1 fully saturated rings. The maximum absolute atomic E-state index is 14.5. The Labute approximate surface area is 162 Å². The number of anilines is 2. The molecule has 3 aromatic rings. The molecule has 2 heterocycles. The van der Waals surface area contributed by atoms with Crippen LogP contribution in [0.3, 0.4) is 0 Å². The largest absolute Gasteiger partial charge is 0.370 e. The highest BCUT2D eigenvalue weighted by Crippen LogP contribution is 2.40. The molecule has 1 aromatic carbocycles. The van der Waals surface area contributed by atoms with Gasteiger partial charge in [0.05, 0.1) is 22.3 Å². The van der Waals surface area contributed by atoms with Gasteiger partial charge in [-0.25, -0.2) is 9.37 Å². The molecule has 1 aliphatic carbocycles. The van der Waals surface area contributed by atoms with Crippen LogP contribution < -0.4 is 10.2 Å². The number of benzene rings is 1. The zero-order valence-electron chi connectivity index (χ0n) is 16.4. The topological polar surface area (TPSA) is 71.3 Å². The Morgan fingerprint density at radius 3 is 2.71 bits per heavy atom. The fraction of sp³-hybridized carbons (Fsp3) is 0.381. The molecule has 0 saturated heterocycles. The van der Waals surface area contributed by atoms with Gasteiger partial charge in [-0.05, 0) is 57.9 Å². The van der Waals surface area contributed by atoms with E-state index in [0.717, 1.165) is 18.5 Å². The first kappa shape index (κ1) is 18.4. The third-order valence-electron chi connectivity index (χ3n) is 5.24. The highest BCUT2D eigenvalue weighted by molar-refractivity contribution is 6.12. The van der Waals surface area contributed by atoms with E-state index in [4.69, 9.17) is 4.52 Å². The molecule has 0 aliphatic heterocycles. The summed E-state index contributed by atoms with van der Waals surface area (Å²) in [6, 6.07) is 6.68. The molecule has 4 rings (SSSR count). The maximum atomic E-state index is 14.5. The zero-order valence-corrected chi connectivity index (χ0v) is 16.4. The lowest BCUT2D eigenvalue weighted by Crippen LogP contribution is -2.26. The van der Waals surface area contributed by atoms with Gasteiger partial charge >= 0.3 is 0 Å². The van der Waals surface area contributed by atoms with Crippen LogP contribution in [0.5, 0.6) is 0 Å². The predicted molar refractivity (Wildman–Crippen MR) is 106 cm³/mol. The standard InChI is InChI=1S/C21H23FN4O2/c1-11(2)26(4)18-8-7-14(9-16(18)22)23-20(27)15-10-17(13-5-6-13)24-21-19(15)12(3)25-28-21/h7-11,13H,5-6H2,1-4H3,(H,23,27). The summed E-state index contributed by atoms with van der Waals surface area (Å²) in [7, 11) is 1.84. The van der Waals surface area contributed by atoms with E-state index in [-0.39, 0.29) is 17.8 Å². The zero-order chi connectivity index (χ0) is 20.0. The fourth-order valence-electron chi connectivity index (χ4n) is 3.23. The molecule has 146 valence electrons. The van der Waals surface area contributed by atoms with Gasteiger partial charge in [0.25, 0.3) is 11.6 Å². The minimum atomic E-state index is -0.381. The van der Waals surface area contributed by atoms with Crippen LogP contribution >= 0.6 is 0 Å². The van der Waals surface area contributed by atoms with Gasteiger partial charge in [0, 0.05) is 30.4 Å². The summed E-state index contributed by atoms with van der Waals surface area (Å²) in [6.07, 6.45) is 2.12. The van der Waals surface area contributed by atoms with Gasteiger partial charge in [-0.2, -0.15) is 0 Å². The average molecular weight is 382 g/mol. The van der Waals surface area contributed by atoms with E-state index in [1.807, 2.05) is 25.8 Å². The van der Waals surface area contributed by atoms with Crippen molar-refractivity contribution in [2.24, 2.45) is 0 Å². The Morgan fingerprint density at radius 2 is 2.07 bits per heavy atom. The molecule has 7 heteroatoms. The van der Waals surface area contributed by atoms with Gasteiger partial charge in [0.15, 0.2) is 0 Å². The van der Waals surface area contributed by atoms with Crippen molar-refractivity contribution in [1.29, 1.82) is 0 Å². The number of nitrogens with zero attached hydrogens (tertiary/aromatic N) is 3. The number of nitrogens with one attached hydrogen (secondary N) is 1. The summed E-state index contributed by atoms with van der Waals surface area (Å²) in [5.74, 6) is -0.344. The minimum Gasteiger partial charge on any atom is -0.370 e. The lowest BCUT2D eigenvalue weighted by atomic mass is 10.1. The minimum absolute atomic E-state index is 0.164. The number of halogens is 1. The third-order valence-corrected chi connectivity index (χ3v) is 5.24. The number of pyridine rings is 1. The highest BCUT2D eigenvalue weighted by atomic mass is 19.1. The molecule has 1 amide bonds. The molecular weight excluding hydrogens is 359 g/mol. The predicted octanol–water partition coefficient (Wildman–Crippen LogP) is 4.64. The smallest absolute Gasteiger partial charge is 0.259 e. The second-order valence-corrected chi connectivity index (χ2v) is 7.64. The second-order valence-electron chi connectivity index (χ2n) is 7.64. The van der Waals surface area contributed by atoms with Crippen LogP contribution in [-0.2, 0) is 0 Å². The van der Waals surface area contributed by atoms with Crippen molar-refractivity contribution in [3.63, 3.8) is 0 Å². The number of rotatable bonds is 5. The molecule has 2 aromatic heterocycles. The number of aryl methyl sites for hydroxylation is 1. The summed E-state index contributed by atoms with van der Waals surface area (Å²) in [5.41, 5.74) is 3.16. The molecule has 1 aliphatic rings. The van der Waals surface area contributed by atoms with Crippen molar-refractivity contribution in [1.82, 2.24) is 10.1 Å². The van der Waals surface area contributed by atoms with E-state index in [1.54, 1.807) is 25.1 Å². The number of fused-ring (bicyclic) bond motifs is 1. The van der Waals surface area contributed by atoms with Gasteiger partial charge in [-0.3, -0.25) is 4.79 Å². The summed E-state index contributed by atoms with van der Waals surface area (Å²) in [4.78, 5) is 19.3. The molecule has 0 spiro atoms. The van der Waals surface area contributed by atoms with Gasteiger partial charge < -0.3 is 14.7 Å². The van der Waals surface area contributed by atoms with Crippen LogP contribution in [0.2, 0.25) is 0 Å². The molecule has 0 radical (unpaired) electrons. The molecule has 0 unspecified atom stereocenters. The summed E-state index contributed by atoms with van der Waals surface area (Å²) >= 11 is 0. The number of aromatic nitrogens is 2. The lowest BCUT2D eigenvalue weighted by Gasteiger charge is -2.24. The van der Waals surface area contributed by atoms with Crippen LogP contribution in [-0.4, -0.2) is 29.1 Å². The molecule has 1 N–H and O–H groups in total. The van der Waals surface area contributed by atoms with E-state index in [0.29, 0.717) is 39.6 Å². The quantitative estimate of drug-likeness (QED) is 0.696. The van der Waals surface area contributed by atoms with Crippen molar-refractivity contribution < 1.29 is 13.7 Å². The van der Waals surface area contributed by atoms with Crippen LogP contribution in [0.4, 0.5) is 15.8 Å². The fourth-order valence-corrected chi connectivity index (χ4v) is 3.23.